The van der Waals surface area contributed by atoms with Crippen molar-refractivity contribution in [1.82, 2.24) is 14.4 Å². The standard InChI is InChI=1S/C15H20N4O4S2/c1-4-19(5-2)25(21,22)12-6-7-15(16-9-12)24-10-14(20)17-13-8-11(3)23-18-13/h6-9H,4-5,10H2,1-3H3,(H,17,18,20). The van der Waals surface area contributed by atoms with Gasteiger partial charge in [0.05, 0.1) is 10.8 Å². The topological polar surface area (TPSA) is 105 Å². The fourth-order valence-corrected chi connectivity index (χ4v) is 4.11. The maximum Gasteiger partial charge on any atom is 0.244 e. The van der Waals surface area contributed by atoms with Crippen molar-refractivity contribution < 1.29 is 17.7 Å². The zero-order valence-corrected chi connectivity index (χ0v) is 15.9. The quantitative estimate of drug-likeness (QED) is 0.695. The number of carbonyl (C=O) groups excluding carboxylic acids is 1. The number of nitrogens with one attached hydrogen (secondary N) is 1. The van der Waals surface area contributed by atoms with Crippen LogP contribution in [-0.4, -0.2) is 47.6 Å². The molecule has 10 heteroatoms. The van der Waals surface area contributed by atoms with E-state index < -0.39 is 10.0 Å². The molecule has 0 saturated carbocycles. The molecule has 0 radical (unpaired) electrons. The second kappa shape index (κ2) is 8.45. The molecule has 1 N–H and O–H groups in total. The molecule has 0 aliphatic heterocycles. The number of hydrogen-bond donors (Lipinski definition) is 1. The molecule has 2 heterocycles. The average molecular weight is 384 g/mol. The first-order chi connectivity index (χ1) is 11.9. The summed E-state index contributed by atoms with van der Waals surface area (Å²) in [5.41, 5.74) is 0. The van der Waals surface area contributed by atoms with Gasteiger partial charge in [-0.3, -0.25) is 4.79 Å². The molecule has 2 aromatic heterocycles. The number of rotatable bonds is 8. The summed E-state index contributed by atoms with van der Waals surface area (Å²) < 4.78 is 31.0. The Morgan fingerprint density at radius 1 is 1.32 bits per heavy atom. The Kier molecular flexibility index (Phi) is 6.57. The summed E-state index contributed by atoms with van der Waals surface area (Å²) in [4.78, 5) is 16.1. The van der Waals surface area contributed by atoms with Gasteiger partial charge in [0.25, 0.3) is 0 Å². The maximum atomic E-state index is 12.4. The molecule has 2 aromatic rings. The lowest BCUT2D eigenvalue weighted by Crippen LogP contribution is -2.30. The number of nitrogens with zero attached hydrogens (tertiary/aromatic N) is 3. The molecule has 0 aliphatic carbocycles. The van der Waals surface area contributed by atoms with Crippen LogP contribution in [0, 0.1) is 6.92 Å². The summed E-state index contributed by atoms with van der Waals surface area (Å²) in [6, 6.07) is 4.71. The number of anilines is 1. The van der Waals surface area contributed by atoms with E-state index in [2.05, 4.69) is 15.5 Å². The SMILES string of the molecule is CCN(CC)S(=O)(=O)c1ccc(SCC(=O)Nc2cc(C)on2)nc1. The molecule has 0 spiro atoms. The molecular formula is C15H20N4O4S2. The predicted molar refractivity (Wildman–Crippen MR) is 94.9 cm³/mol. The van der Waals surface area contributed by atoms with Gasteiger partial charge in [0.2, 0.25) is 15.9 Å². The van der Waals surface area contributed by atoms with Gasteiger partial charge in [0, 0.05) is 25.4 Å². The number of hydrogen-bond acceptors (Lipinski definition) is 7. The Morgan fingerprint density at radius 2 is 2.04 bits per heavy atom. The molecule has 8 nitrogen and oxygen atoms in total. The van der Waals surface area contributed by atoms with Gasteiger partial charge in [-0.05, 0) is 19.1 Å². The van der Waals surface area contributed by atoms with Crippen LogP contribution in [0.1, 0.15) is 19.6 Å². The molecule has 1 amide bonds. The van der Waals surface area contributed by atoms with Crippen LogP contribution in [0.25, 0.3) is 0 Å². The summed E-state index contributed by atoms with van der Waals surface area (Å²) in [7, 11) is -3.52. The highest BCUT2D eigenvalue weighted by atomic mass is 32.2. The van der Waals surface area contributed by atoms with Crippen molar-refractivity contribution in [3.63, 3.8) is 0 Å². The first-order valence-electron chi connectivity index (χ1n) is 7.69. The second-order valence-corrected chi connectivity index (χ2v) is 8.01. The van der Waals surface area contributed by atoms with Crippen LogP contribution in [0.2, 0.25) is 0 Å². The second-order valence-electron chi connectivity index (χ2n) is 5.08. The number of pyridine rings is 1. The van der Waals surface area contributed by atoms with Gasteiger partial charge in [-0.2, -0.15) is 4.31 Å². The summed E-state index contributed by atoms with van der Waals surface area (Å²) in [5, 5.41) is 6.84. The highest BCUT2D eigenvalue weighted by molar-refractivity contribution is 7.99. The van der Waals surface area contributed by atoms with E-state index in [4.69, 9.17) is 4.52 Å². The third-order valence-electron chi connectivity index (χ3n) is 3.30. The molecule has 136 valence electrons. The minimum Gasteiger partial charge on any atom is -0.360 e. The highest BCUT2D eigenvalue weighted by Gasteiger charge is 2.21. The Bertz CT molecular complexity index is 814. The number of sulfonamides is 1. The van der Waals surface area contributed by atoms with Crippen molar-refractivity contribution >= 4 is 33.5 Å². The van der Waals surface area contributed by atoms with Crippen molar-refractivity contribution in [2.24, 2.45) is 0 Å². The number of aromatic nitrogens is 2. The van der Waals surface area contributed by atoms with E-state index >= 15 is 0 Å². The van der Waals surface area contributed by atoms with Crippen molar-refractivity contribution in [2.75, 3.05) is 24.2 Å². The monoisotopic (exact) mass is 384 g/mol. The van der Waals surface area contributed by atoms with Crippen molar-refractivity contribution in [2.45, 2.75) is 30.7 Å². The van der Waals surface area contributed by atoms with Gasteiger partial charge < -0.3 is 9.84 Å². The maximum absolute atomic E-state index is 12.4. The molecule has 0 aromatic carbocycles. The lowest BCUT2D eigenvalue weighted by molar-refractivity contribution is -0.113. The van der Waals surface area contributed by atoms with E-state index in [-0.39, 0.29) is 16.6 Å². The fraction of sp³-hybridized carbons (Fsp3) is 0.400. The Morgan fingerprint density at radius 3 is 2.56 bits per heavy atom. The summed E-state index contributed by atoms with van der Waals surface area (Å²) >= 11 is 1.20. The molecule has 25 heavy (non-hydrogen) atoms. The zero-order valence-electron chi connectivity index (χ0n) is 14.2. The normalized spacial score (nSPS) is 11.7. The molecule has 0 aliphatic rings. The van der Waals surface area contributed by atoms with Crippen molar-refractivity contribution in [3.05, 3.63) is 30.2 Å². The average Bonchev–Trinajstić information content (AvgIpc) is 2.99. The smallest absolute Gasteiger partial charge is 0.244 e. The molecule has 0 saturated heterocycles. The lowest BCUT2D eigenvalue weighted by atomic mass is 10.5. The first kappa shape index (κ1) is 19.4. The molecule has 0 bridgehead atoms. The molecular weight excluding hydrogens is 364 g/mol. The summed E-state index contributed by atoms with van der Waals surface area (Å²) in [6.45, 7) is 6.10. The van der Waals surface area contributed by atoms with Crippen LogP contribution in [0.3, 0.4) is 0 Å². The van der Waals surface area contributed by atoms with Crippen molar-refractivity contribution in [1.29, 1.82) is 0 Å². The van der Waals surface area contributed by atoms with Crippen LogP contribution in [0.4, 0.5) is 5.82 Å². The van der Waals surface area contributed by atoms with E-state index in [0.29, 0.717) is 29.7 Å². The van der Waals surface area contributed by atoms with E-state index in [1.165, 1.54) is 28.3 Å². The number of amides is 1. The minimum absolute atomic E-state index is 0.126. The highest BCUT2D eigenvalue weighted by Crippen LogP contribution is 2.20. The third kappa shape index (κ3) is 5.03. The van der Waals surface area contributed by atoms with E-state index in [9.17, 15) is 13.2 Å². The number of thioether (sulfide) groups is 1. The molecule has 0 unspecified atom stereocenters. The molecule has 2 rings (SSSR count). The van der Waals surface area contributed by atoms with Crippen LogP contribution < -0.4 is 5.32 Å². The van der Waals surface area contributed by atoms with Crippen LogP contribution in [0.5, 0.6) is 0 Å². The Hall–Kier alpha value is -1.91. The third-order valence-corrected chi connectivity index (χ3v) is 6.28. The van der Waals surface area contributed by atoms with Gasteiger partial charge in [-0.15, -0.1) is 0 Å². The van der Waals surface area contributed by atoms with E-state index in [1.807, 2.05) is 0 Å². The lowest BCUT2D eigenvalue weighted by Gasteiger charge is -2.18. The molecule has 0 fully saturated rings. The van der Waals surface area contributed by atoms with Gasteiger partial charge in [0.15, 0.2) is 5.82 Å². The summed E-state index contributed by atoms with van der Waals surface area (Å²) in [6.07, 6.45) is 1.31. The largest absolute Gasteiger partial charge is 0.360 e. The van der Waals surface area contributed by atoms with E-state index in [1.54, 1.807) is 32.9 Å². The first-order valence-corrected chi connectivity index (χ1v) is 10.1. The van der Waals surface area contributed by atoms with Gasteiger partial charge in [-0.25, -0.2) is 13.4 Å². The van der Waals surface area contributed by atoms with Gasteiger partial charge >= 0.3 is 0 Å². The van der Waals surface area contributed by atoms with Gasteiger partial charge in [0.1, 0.15) is 10.7 Å². The number of carbonyl (C=O) groups is 1. The summed E-state index contributed by atoms with van der Waals surface area (Å²) in [5.74, 6) is 0.840. The Balaban J connectivity index is 1.95. The van der Waals surface area contributed by atoms with Crippen LogP contribution in [-0.2, 0) is 14.8 Å². The van der Waals surface area contributed by atoms with Crippen molar-refractivity contribution in [3.8, 4) is 0 Å². The van der Waals surface area contributed by atoms with Crippen LogP contribution >= 0.6 is 11.8 Å². The van der Waals surface area contributed by atoms with E-state index in [0.717, 1.165) is 0 Å². The predicted octanol–water partition coefficient (Wildman–Crippen LogP) is 2.14. The minimum atomic E-state index is -3.52. The number of aryl methyl sites for hydroxylation is 1. The molecule has 0 atom stereocenters. The van der Waals surface area contributed by atoms with Crippen LogP contribution in [0.15, 0.2) is 38.8 Å². The Labute approximate surface area is 151 Å². The zero-order chi connectivity index (χ0) is 18.4. The van der Waals surface area contributed by atoms with Gasteiger partial charge in [-0.1, -0.05) is 30.8 Å². The fourth-order valence-electron chi connectivity index (χ4n) is 2.06.